The number of nitrogens with zero attached hydrogens (tertiary/aromatic N) is 2. The summed E-state index contributed by atoms with van der Waals surface area (Å²) in [5.74, 6) is -1.98. The lowest BCUT2D eigenvalue weighted by atomic mass is 10.1. The molecule has 0 atom stereocenters. The fourth-order valence-corrected chi connectivity index (χ4v) is 3.28. The van der Waals surface area contributed by atoms with Crippen LogP contribution in [0.1, 0.15) is 5.56 Å². The van der Waals surface area contributed by atoms with Crippen LogP contribution in [0.2, 0.25) is 5.02 Å². The van der Waals surface area contributed by atoms with E-state index in [1.165, 1.54) is 6.07 Å². The number of furan rings is 1. The van der Waals surface area contributed by atoms with Gasteiger partial charge in [-0.05, 0) is 30.3 Å². The minimum absolute atomic E-state index is 0.0494. The zero-order valence-corrected chi connectivity index (χ0v) is 17.2. The number of ether oxygens (including phenoxy) is 1. The number of benzene rings is 2. The van der Waals surface area contributed by atoms with Crippen LogP contribution in [-0.2, 0) is 27.0 Å². The Hall–Kier alpha value is -3.86. The van der Waals surface area contributed by atoms with E-state index in [1.807, 2.05) is 5.32 Å². The van der Waals surface area contributed by atoms with Crippen molar-refractivity contribution >= 4 is 51.2 Å². The normalized spacial score (nSPS) is 11.6. The first kappa shape index (κ1) is 22.3. The Morgan fingerprint density at radius 2 is 1.94 bits per heavy atom. The number of alkyl halides is 3. The summed E-state index contributed by atoms with van der Waals surface area (Å²) in [5.41, 5.74) is -1.58. The molecule has 12 heteroatoms. The summed E-state index contributed by atoms with van der Waals surface area (Å²) in [6.07, 6.45) is -3.62. The largest absolute Gasteiger partial charge is 0.454 e. The monoisotopic (exact) mass is 479 g/mol. The second kappa shape index (κ2) is 8.58. The molecule has 0 fully saturated rings. The Bertz CT molecular complexity index is 1440. The zero-order chi connectivity index (χ0) is 23.8. The number of hydrogen-bond donors (Lipinski definition) is 1. The third-order valence-corrected chi connectivity index (χ3v) is 4.81. The molecule has 0 saturated carbocycles. The lowest BCUT2D eigenvalue weighted by Gasteiger charge is -2.14. The Kier molecular flexibility index (Phi) is 5.81. The third-order valence-electron chi connectivity index (χ3n) is 4.58. The van der Waals surface area contributed by atoms with E-state index >= 15 is 0 Å². The first-order valence-electron chi connectivity index (χ1n) is 9.32. The fourth-order valence-electron chi connectivity index (χ4n) is 3.10. The number of aromatic nitrogens is 2. The van der Waals surface area contributed by atoms with Gasteiger partial charge in [0.05, 0.1) is 17.6 Å². The highest BCUT2D eigenvalue weighted by atomic mass is 35.5. The Morgan fingerprint density at radius 1 is 1.18 bits per heavy atom. The standard InChI is InChI=1S/C21H13ClF3N3O5/c22-11-5-6-14(13(7-11)21(23,24)25)27-16(29)9-32-17(30)8-28-10-26-18-12-3-1-2-4-15(12)33-19(18)20(28)31/h1-7,10H,8-9H2,(H,27,29). The molecule has 0 aliphatic carbocycles. The first-order valence-corrected chi connectivity index (χ1v) is 9.70. The van der Waals surface area contributed by atoms with Gasteiger partial charge in [0.1, 0.15) is 17.6 Å². The number of esters is 1. The number of para-hydroxylation sites is 1. The Balaban J connectivity index is 1.42. The highest BCUT2D eigenvalue weighted by molar-refractivity contribution is 6.30. The molecule has 0 unspecified atom stereocenters. The maximum absolute atomic E-state index is 13.1. The summed E-state index contributed by atoms with van der Waals surface area (Å²) in [4.78, 5) is 40.8. The molecule has 2 aromatic carbocycles. The van der Waals surface area contributed by atoms with Crippen LogP contribution in [0.3, 0.4) is 0 Å². The molecule has 33 heavy (non-hydrogen) atoms. The minimum atomic E-state index is -4.76. The molecule has 2 aromatic heterocycles. The molecule has 0 radical (unpaired) electrons. The first-order chi connectivity index (χ1) is 15.6. The summed E-state index contributed by atoms with van der Waals surface area (Å²) in [6.45, 7) is -1.45. The summed E-state index contributed by atoms with van der Waals surface area (Å²) in [6, 6.07) is 9.71. The molecule has 0 aliphatic rings. The number of anilines is 1. The van der Waals surface area contributed by atoms with Crippen molar-refractivity contribution in [1.29, 1.82) is 0 Å². The van der Waals surface area contributed by atoms with Crippen molar-refractivity contribution in [2.45, 2.75) is 12.7 Å². The molecule has 2 heterocycles. The van der Waals surface area contributed by atoms with Gasteiger partial charge in [0.25, 0.3) is 11.5 Å². The smallest absolute Gasteiger partial charge is 0.418 e. The van der Waals surface area contributed by atoms with Crippen molar-refractivity contribution in [3.05, 3.63) is 69.7 Å². The second-order valence-corrected chi connectivity index (χ2v) is 7.29. The summed E-state index contributed by atoms with van der Waals surface area (Å²) in [5, 5.41) is 2.50. The van der Waals surface area contributed by atoms with Gasteiger partial charge in [-0.15, -0.1) is 0 Å². The van der Waals surface area contributed by atoms with E-state index in [0.29, 0.717) is 22.6 Å². The third kappa shape index (κ3) is 4.67. The van der Waals surface area contributed by atoms with Gasteiger partial charge >= 0.3 is 12.1 Å². The van der Waals surface area contributed by atoms with Crippen molar-refractivity contribution in [3.63, 3.8) is 0 Å². The number of carbonyl (C=O) groups is 2. The van der Waals surface area contributed by atoms with E-state index < -0.39 is 48.0 Å². The number of rotatable bonds is 5. The predicted octanol–water partition coefficient (Wildman–Crippen LogP) is 4.00. The van der Waals surface area contributed by atoms with Gasteiger partial charge in [0.2, 0.25) is 5.58 Å². The van der Waals surface area contributed by atoms with Crippen molar-refractivity contribution in [2.24, 2.45) is 0 Å². The van der Waals surface area contributed by atoms with Crippen LogP contribution in [-0.4, -0.2) is 28.0 Å². The van der Waals surface area contributed by atoms with E-state index in [-0.39, 0.29) is 10.6 Å². The number of amides is 1. The van der Waals surface area contributed by atoms with Gasteiger partial charge < -0.3 is 14.5 Å². The molecule has 4 rings (SSSR count). The van der Waals surface area contributed by atoms with E-state index in [2.05, 4.69) is 4.98 Å². The summed E-state index contributed by atoms with van der Waals surface area (Å²) < 4.78 is 50.6. The minimum Gasteiger partial charge on any atom is -0.454 e. The SMILES string of the molecule is O=C(COC(=O)Cn1cnc2c(oc3ccccc32)c1=O)Nc1ccc(Cl)cc1C(F)(F)F. The molecule has 8 nitrogen and oxygen atoms in total. The molecule has 170 valence electrons. The molecule has 1 amide bonds. The number of nitrogens with one attached hydrogen (secondary N) is 1. The average molecular weight is 480 g/mol. The summed E-state index contributed by atoms with van der Waals surface area (Å²) in [7, 11) is 0. The molecule has 1 N–H and O–H groups in total. The van der Waals surface area contributed by atoms with Crippen molar-refractivity contribution < 1.29 is 31.9 Å². The fraction of sp³-hybridized carbons (Fsp3) is 0.143. The van der Waals surface area contributed by atoms with E-state index in [1.54, 1.807) is 24.3 Å². The van der Waals surface area contributed by atoms with Crippen LogP contribution in [0.25, 0.3) is 22.1 Å². The van der Waals surface area contributed by atoms with Crippen LogP contribution in [0.15, 0.2) is 58.0 Å². The van der Waals surface area contributed by atoms with Gasteiger partial charge in [-0.25, -0.2) is 4.98 Å². The average Bonchev–Trinajstić information content (AvgIpc) is 3.14. The van der Waals surface area contributed by atoms with Gasteiger partial charge in [0, 0.05) is 10.4 Å². The second-order valence-electron chi connectivity index (χ2n) is 6.85. The van der Waals surface area contributed by atoms with Crippen molar-refractivity contribution in [1.82, 2.24) is 9.55 Å². The lowest BCUT2D eigenvalue weighted by Crippen LogP contribution is -2.28. The van der Waals surface area contributed by atoms with E-state index in [4.69, 9.17) is 20.8 Å². The van der Waals surface area contributed by atoms with E-state index in [9.17, 15) is 27.6 Å². The van der Waals surface area contributed by atoms with E-state index in [0.717, 1.165) is 17.0 Å². The zero-order valence-electron chi connectivity index (χ0n) is 16.5. The van der Waals surface area contributed by atoms with Crippen LogP contribution < -0.4 is 10.9 Å². The molecule has 0 spiro atoms. The van der Waals surface area contributed by atoms with Crippen molar-refractivity contribution in [2.75, 3.05) is 11.9 Å². The summed E-state index contributed by atoms with van der Waals surface area (Å²) >= 11 is 5.59. The number of halogens is 4. The van der Waals surface area contributed by atoms with Crippen LogP contribution in [0.5, 0.6) is 0 Å². The van der Waals surface area contributed by atoms with Crippen LogP contribution in [0, 0.1) is 0 Å². The molecular weight excluding hydrogens is 467 g/mol. The Labute approximate surface area is 187 Å². The van der Waals surface area contributed by atoms with Crippen LogP contribution in [0.4, 0.5) is 18.9 Å². The number of hydrogen-bond acceptors (Lipinski definition) is 6. The molecule has 4 aromatic rings. The predicted molar refractivity (Wildman–Crippen MR) is 112 cm³/mol. The quantitative estimate of drug-likeness (QED) is 0.434. The van der Waals surface area contributed by atoms with Gasteiger partial charge in [-0.3, -0.25) is 19.0 Å². The molecular formula is C21H13ClF3N3O5. The highest BCUT2D eigenvalue weighted by Crippen LogP contribution is 2.36. The molecule has 0 bridgehead atoms. The van der Waals surface area contributed by atoms with Gasteiger partial charge in [0.15, 0.2) is 6.61 Å². The topological polar surface area (TPSA) is 103 Å². The molecule has 0 aliphatic heterocycles. The van der Waals surface area contributed by atoms with Gasteiger partial charge in [-0.1, -0.05) is 23.7 Å². The number of carbonyl (C=O) groups excluding carboxylic acids is 2. The number of fused-ring (bicyclic) bond motifs is 3. The van der Waals surface area contributed by atoms with Crippen LogP contribution >= 0.6 is 11.6 Å². The maximum Gasteiger partial charge on any atom is 0.418 e. The maximum atomic E-state index is 13.1. The molecule has 0 saturated heterocycles. The Morgan fingerprint density at radius 3 is 2.70 bits per heavy atom. The lowest BCUT2D eigenvalue weighted by molar-refractivity contribution is -0.148. The van der Waals surface area contributed by atoms with Gasteiger partial charge in [-0.2, -0.15) is 13.2 Å². The van der Waals surface area contributed by atoms with Crippen molar-refractivity contribution in [3.8, 4) is 0 Å². The highest BCUT2D eigenvalue weighted by Gasteiger charge is 2.34.